The molecule has 1 atom stereocenters. The number of primary amides is 1. The highest BCUT2D eigenvalue weighted by Gasteiger charge is 2.33. The number of allylic oxidation sites excluding steroid dienone is 2. The smallest absolute Gasteiger partial charge is 0.320 e. The van der Waals surface area contributed by atoms with Crippen LogP contribution in [0.4, 0.5) is 10.5 Å². The van der Waals surface area contributed by atoms with Gasteiger partial charge in [0.25, 0.3) is 0 Å². The predicted octanol–water partition coefficient (Wildman–Crippen LogP) is 4.34. The molecule has 2 aromatic carbocycles. The van der Waals surface area contributed by atoms with Crippen molar-refractivity contribution in [2.45, 2.75) is 31.8 Å². The lowest BCUT2D eigenvalue weighted by atomic mass is 9.98. The molecule has 1 aliphatic carbocycles. The fourth-order valence-corrected chi connectivity index (χ4v) is 4.32. The quantitative estimate of drug-likeness (QED) is 0.648. The van der Waals surface area contributed by atoms with Crippen molar-refractivity contribution >= 4 is 34.9 Å². The van der Waals surface area contributed by atoms with E-state index in [0.717, 1.165) is 37.2 Å². The topological polar surface area (TPSA) is 91.0 Å². The van der Waals surface area contributed by atoms with Gasteiger partial charge >= 0.3 is 6.03 Å². The maximum atomic E-state index is 13.6. The summed E-state index contributed by atoms with van der Waals surface area (Å²) in [6, 6.07) is 12.1. The molecule has 0 radical (unpaired) electrons. The molecule has 34 heavy (non-hydrogen) atoms. The standard InChI is InChI=1S/C26H28ClN5O2/c1-18-6-2-3-7-23(18)24(32(26(28)34)22-14-8-19(27)9-15-22)25(33)29-20-10-12-21(13-11-20)30-31-16-4-5-17-31/h2-3,6-15,20,24H,4-5,16-17H2,1H3,(H2,28,34)(H,29,33). The molecule has 8 heteroatoms. The monoisotopic (exact) mass is 477 g/mol. The first kappa shape index (κ1) is 23.6. The first-order chi connectivity index (χ1) is 16.4. The molecule has 2 aliphatic rings. The highest BCUT2D eigenvalue weighted by Crippen LogP contribution is 2.30. The third-order valence-corrected chi connectivity index (χ3v) is 6.18. The van der Waals surface area contributed by atoms with Crippen molar-refractivity contribution in [3.8, 4) is 0 Å². The molecule has 1 fully saturated rings. The van der Waals surface area contributed by atoms with Crippen LogP contribution < -0.4 is 16.0 Å². The number of nitrogens with one attached hydrogen (secondary N) is 1. The predicted molar refractivity (Wildman–Crippen MR) is 136 cm³/mol. The average Bonchev–Trinajstić information content (AvgIpc) is 3.33. The third-order valence-electron chi connectivity index (χ3n) is 5.93. The van der Waals surface area contributed by atoms with Gasteiger partial charge in [0.2, 0.25) is 5.91 Å². The van der Waals surface area contributed by atoms with E-state index in [1.165, 1.54) is 4.90 Å². The third kappa shape index (κ3) is 5.48. The van der Waals surface area contributed by atoms with Crippen LogP contribution in [-0.4, -0.2) is 41.8 Å². The first-order valence-electron chi connectivity index (χ1n) is 11.3. The number of anilines is 1. The van der Waals surface area contributed by atoms with Gasteiger partial charge in [-0.2, -0.15) is 5.10 Å². The molecule has 1 aliphatic heterocycles. The molecule has 0 spiro atoms. The van der Waals surface area contributed by atoms with Crippen LogP contribution >= 0.6 is 11.6 Å². The van der Waals surface area contributed by atoms with Gasteiger partial charge in [-0.1, -0.05) is 48.0 Å². The van der Waals surface area contributed by atoms with Crippen molar-refractivity contribution < 1.29 is 9.59 Å². The van der Waals surface area contributed by atoms with Crippen LogP contribution in [0, 0.1) is 6.92 Å². The average molecular weight is 478 g/mol. The Morgan fingerprint density at radius 3 is 2.35 bits per heavy atom. The highest BCUT2D eigenvalue weighted by atomic mass is 35.5. The lowest BCUT2D eigenvalue weighted by molar-refractivity contribution is -0.122. The lowest BCUT2D eigenvalue weighted by Crippen LogP contribution is -2.48. The van der Waals surface area contributed by atoms with Crippen LogP contribution in [0.1, 0.15) is 30.0 Å². The van der Waals surface area contributed by atoms with Crippen LogP contribution in [0.5, 0.6) is 0 Å². The molecular formula is C26H28ClN5O2. The Bertz CT molecular complexity index is 1120. The number of amides is 3. The van der Waals surface area contributed by atoms with Gasteiger partial charge in [-0.25, -0.2) is 4.79 Å². The van der Waals surface area contributed by atoms with E-state index in [2.05, 4.69) is 15.4 Å². The summed E-state index contributed by atoms with van der Waals surface area (Å²) < 4.78 is 0. The Morgan fingerprint density at radius 1 is 1.09 bits per heavy atom. The number of hydrogen-bond donors (Lipinski definition) is 2. The molecule has 1 saturated heterocycles. The zero-order valence-corrected chi connectivity index (χ0v) is 19.8. The SMILES string of the molecule is Cc1ccccc1C(C(=O)NC1C=CC(=NN2CCCC2)C=C1)N(C(N)=O)c1ccc(Cl)cc1. The number of nitrogens with zero attached hydrogens (tertiary/aromatic N) is 3. The van der Waals surface area contributed by atoms with E-state index < -0.39 is 12.1 Å². The summed E-state index contributed by atoms with van der Waals surface area (Å²) in [4.78, 5) is 27.5. The van der Waals surface area contributed by atoms with Crippen molar-refractivity contribution in [2.75, 3.05) is 18.0 Å². The normalized spacial score (nSPS) is 18.0. The highest BCUT2D eigenvalue weighted by molar-refractivity contribution is 6.30. The van der Waals surface area contributed by atoms with E-state index in [9.17, 15) is 9.59 Å². The zero-order chi connectivity index (χ0) is 24.1. The Balaban J connectivity index is 1.60. The number of urea groups is 1. The van der Waals surface area contributed by atoms with Gasteiger partial charge in [-0.15, -0.1) is 0 Å². The summed E-state index contributed by atoms with van der Waals surface area (Å²) in [7, 11) is 0. The van der Waals surface area contributed by atoms with E-state index in [0.29, 0.717) is 16.3 Å². The van der Waals surface area contributed by atoms with Crippen LogP contribution in [0.2, 0.25) is 5.02 Å². The molecule has 0 bridgehead atoms. The fourth-order valence-electron chi connectivity index (χ4n) is 4.19. The molecule has 0 aromatic heterocycles. The van der Waals surface area contributed by atoms with Crippen molar-refractivity contribution in [3.05, 3.63) is 89.0 Å². The largest absolute Gasteiger partial charge is 0.351 e. The van der Waals surface area contributed by atoms with Gasteiger partial charge < -0.3 is 11.1 Å². The van der Waals surface area contributed by atoms with Gasteiger partial charge in [0.15, 0.2) is 0 Å². The summed E-state index contributed by atoms with van der Waals surface area (Å²) >= 11 is 6.03. The molecule has 2 aromatic rings. The summed E-state index contributed by atoms with van der Waals surface area (Å²) in [5.74, 6) is -0.345. The Kier molecular flexibility index (Phi) is 7.33. The zero-order valence-electron chi connectivity index (χ0n) is 19.0. The second kappa shape index (κ2) is 10.6. The first-order valence-corrected chi connectivity index (χ1v) is 11.7. The summed E-state index contributed by atoms with van der Waals surface area (Å²) in [6.45, 7) is 3.84. The summed E-state index contributed by atoms with van der Waals surface area (Å²) in [5, 5.41) is 10.2. The molecule has 176 valence electrons. The van der Waals surface area contributed by atoms with Crippen LogP contribution in [0.15, 0.2) is 77.9 Å². The number of benzene rings is 2. The van der Waals surface area contributed by atoms with Gasteiger partial charge in [0.1, 0.15) is 6.04 Å². The van der Waals surface area contributed by atoms with Gasteiger partial charge in [-0.05, 0) is 67.3 Å². The molecule has 4 rings (SSSR count). The number of rotatable bonds is 6. The number of hydrazone groups is 1. The van der Waals surface area contributed by atoms with E-state index in [1.807, 2.05) is 55.5 Å². The van der Waals surface area contributed by atoms with E-state index in [-0.39, 0.29) is 11.9 Å². The lowest BCUT2D eigenvalue weighted by Gasteiger charge is -2.31. The van der Waals surface area contributed by atoms with Crippen molar-refractivity contribution in [1.82, 2.24) is 10.3 Å². The molecule has 3 N–H and O–H groups in total. The number of nitrogens with two attached hydrogens (primary N) is 1. The number of hydrogen-bond acceptors (Lipinski definition) is 4. The second-order valence-electron chi connectivity index (χ2n) is 8.38. The van der Waals surface area contributed by atoms with E-state index in [1.54, 1.807) is 24.3 Å². The summed E-state index contributed by atoms with van der Waals surface area (Å²) in [5.41, 5.74) is 8.68. The number of aryl methyl sites for hydroxylation is 1. The molecule has 1 heterocycles. The second-order valence-corrected chi connectivity index (χ2v) is 8.82. The molecule has 3 amide bonds. The minimum absolute atomic E-state index is 0.337. The minimum atomic E-state index is -0.957. The van der Waals surface area contributed by atoms with E-state index in [4.69, 9.17) is 17.3 Å². The maximum absolute atomic E-state index is 13.6. The number of carbonyl (C=O) groups excluding carboxylic acids is 2. The van der Waals surface area contributed by atoms with Crippen LogP contribution in [0.3, 0.4) is 0 Å². The maximum Gasteiger partial charge on any atom is 0.320 e. The summed E-state index contributed by atoms with van der Waals surface area (Å²) in [6.07, 6.45) is 9.89. The van der Waals surface area contributed by atoms with E-state index >= 15 is 0 Å². The molecule has 7 nitrogen and oxygen atoms in total. The van der Waals surface area contributed by atoms with Gasteiger partial charge in [-0.3, -0.25) is 14.7 Å². The van der Waals surface area contributed by atoms with Gasteiger partial charge in [0.05, 0.1) is 11.8 Å². The minimum Gasteiger partial charge on any atom is -0.351 e. The number of halogens is 1. The molecule has 0 saturated carbocycles. The number of carbonyl (C=O) groups is 2. The Hall–Kier alpha value is -3.58. The van der Waals surface area contributed by atoms with Crippen molar-refractivity contribution in [3.63, 3.8) is 0 Å². The van der Waals surface area contributed by atoms with Crippen molar-refractivity contribution in [2.24, 2.45) is 10.8 Å². The fraction of sp³-hybridized carbons (Fsp3) is 0.269. The molecule has 1 unspecified atom stereocenters. The van der Waals surface area contributed by atoms with Crippen LogP contribution in [0.25, 0.3) is 0 Å². The van der Waals surface area contributed by atoms with Crippen LogP contribution in [-0.2, 0) is 4.79 Å². The molecular weight excluding hydrogens is 450 g/mol. The van der Waals surface area contributed by atoms with Crippen molar-refractivity contribution in [1.29, 1.82) is 0 Å². The Labute approximate surface area is 204 Å². The Morgan fingerprint density at radius 2 is 1.74 bits per heavy atom. The van der Waals surface area contributed by atoms with Gasteiger partial charge in [0, 0.05) is 23.8 Å².